The number of ether oxygens (including phenoxy) is 1. The second-order valence-electron chi connectivity index (χ2n) is 4.10. The van der Waals surface area contributed by atoms with Crippen LogP contribution in [0.4, 0.5) is 22.0 Å². The van der Waals surface area contributed by atoms with Gasteiger partial charge in [0.25, 0.3) is 0 Å². The van der Waals surface area contributed by atoms with E-state index in [1.807, 2.05) is 0 Å². The topological polar surface area (TPSA) is 44.1 Å². The van der Waals surface area contributed by atoms with Crippen LogP contribution in [0, 0.1) is 11.6 Å². The van der Waals surface area contributed by atoms with Crippen LogP contribution in [-0.2, 0) is 10.9 Å². The molecule has 1 aromatic carbocycles. The maximum absolute atomic E-state index is 13.7. The number of alkyl halides is 3. The Labute approximate surface area is 121 Å². The SMILES string of the molecule is CCOC(=O)c1ncn(-c2c(F)cccc2F)c1C(F)(F)F. The molecule has 0 unspecified atom stereocenters. The third-order valence-electron chi connectivity index (χ3n) is 2.68. The summed E-state index contributed by atoms with van der Waals surface area (Å²) in [5.74, 6) is -3.78. The van der Waals surface area contributed by atoms with Crippen molar-refractivity contribution in [3.05, 3.63) is 47.5 Å². The van der Waals surface area contributed by atoms with Crippen LogP contribution in [0.15, 0.2) is 24.5 Å². The van der Waals surface area contributed by atoms with Crippen molar-refractivity contribution < 1.29 is 31.5 Å². The first-order valence-corrected chi connectivity index (χ1v) is 6.03. The quantitative estimate of drug-likeness (QED) is 0.643. The van der Waals surface area contributed by atoms with Crippen LogP contribution in [0.5, 0.6) is 0 Å². The lowest BCUT2D eigenvalue weighted by molar-refractivity contribution is -0.143. The largest absolute Gasteiger partial charge is 0.461 e. The van der Waals surface area contributed by atoms with E-state index in [4.69, 9.17) is 0 Å². The number of aromatic nitrogens is 2. The standard InChI is InChI=1S/C13H9F5N2O2/c1-2-22-12(21)9-11(13(16,17)18)20(6-19-9)10-7(14)4-3-5-8(10)15/h3-6H,2H2,1H3. The monoisotopic (exact) mass is 320 g/mol. The van der Waals surface area contributed by atoms with Crippen molar-refractivity contribution in [2.45, 2.75) is 13.1 Å². The normalized spacial score (nSPS) is 11.5. The Kier molecular flexibility index (Phi) is 4.16. The molecular weight excluding hydrogens is 311 g/mol. The van der Waals surface area contributed by atoms with E-state index < -0.39 is 40.9 Å². The van der Waals surface area contributed by atoms with Gasteiger partial charge in [0.1, 0.15) is 23.6 Å². The second kappa shape index (κ2) is 5.74. The smallest absolute Gasteiger partial charge is 0.434 e. The fourth-order valence-electron chi connectivity index (χ4n) is 1.86. The minimum absolute atomic E-state index is 0.150. The molecule has 0 aliphatic heterocycles. The molecule has 0 N–H and O–H groups in total. The zero-order valence-corrected chi connectivity index (χ0v) is 11.1. The molecule has 22 heavy (non-hydrogen) atoms. The molecule has 0 amide bonds. The number of imidazole rings is 1. The number of esters is 1. The number of rotatable bonds is 3. The summed E-state index contributed by atoms with van der Waals surface area (Å²) < 4.78 is 71.5. The summed E-state index contributed by atoms with van der Waals surface area (Å²) in [5, 5.41) is 0. The van der Waals surface area contributed by atoms with Crippen LogP contribution < -0.4 is 0 Å². The Morgan fingerprint density at radius 1 is 1.27 bits per heavy atom. The van der Waals surface area contributed by atoms with Gasteiger partial charge in [-0.05, 0) is 19.1 Å². The first kappa shape index (κ1) is 15.9. The first-order chi connectivity index (χ1) is 10.3. The van der Waals surface area contributed by atoms with E-state index in [2.05, 4.69) is 9.72 Å². The van der Waals surface area contributed by atoms with E-state index in [1.165, 1.54) is 6.92 Å². The molecule has 0 saturated carbocycles. The Morgan fingerprint density at radius 2 is 1.86 bits per heavy atom. The van der Waals surface area contributed by atoms with Gasteiger partial charge in [-0.2, -0.15) is 13.2 Å². The molecule has 0 spiro atoms. The first-order valence-electron chi connectivity index (χ1n) is 6.03. The molecule has 118 valence electrons. The van der Waals surface area contributed by atoms with Gasteiger partial charge in [0.15, 0.2) is 11.4 Å². The minimum Gasteiger partial charge on any atom is -0.461 e. The summed E-state index contributed by atoms with van der Waals surface area (Å²) in [6.45, 7) is 1.23. The van der Waals surface area contributed by atoms with Crippen LogP contribution in [0.25, 0.3) is 5.69 Å². The van der Waals surface area contributed by atoms with E-state index in [1.54, 1.807) is 0 Å². The second-order valence-corrected chi connectivity index (χ2v) is 4.10. The molecule has 0 aliphatic carbocycles. The lowest BCUT2D eigenvalue weighted by atomic mass is 10.2. The van der Waals surface area contributed by atoms with E-state index in [-0.39, 0.29) is 11.2 Å². The maximum Gasteiger partial charge on any atom is 0.434 e. The van der Waals surface area contributed by atoms with Crippen molar-refractivity contribution in [1.29, 1.82) is 0 Å². The third-order valence-corrected chi connectivity index (χ3v) is 2.68. The van der Waals surface area contributed by atoms with Gasteiger partial charge in [-0.15, -0.1) is 0 Å². The van der Waals surface area contributed by atoms with Gasteiger partial charge >= 0.3 is 12.1 Å². The molecule has 1 aromatic heterocycles. The highest BCUT2D eigenvalue weighted by Crippen LogP contribution is 2.34. The van der Waals surface area contributed by atoms with E-state index >= 15 is 0 Å². The van der Waals surface area contributed by atoms with E-state index in [9.17, 15) is 26.7 Å². The summed E-state index contributed by atoms with van der Waals surface area (Å²) in [6, 6.07) is 2.59. The molecule has 0 fully saturated rings. The van der Waals surface area contributed by atoms with Crippen LogP contribution in [0.1, 0.15) is 23.1 Å². The Bertz CT molecular complexity index is 689. The molecule has 0 radical (unpaired) electrons. The van der Waals surface area contributed by atoms with Crippen LogP contribution >= 0.6 is 0 Å². The Balaban J connectivity index is 2.71. The van der Waals surface area contributed by atoms with Crippen molar-refractivity contribution in [3.8, 4) is 5.69 Å². The lowest BCUT2D eigenvalue weighted by Gasteiger charge is -2.13. The van der Waals surface area contributed by atoms with Crippen molar-refractivity contribution in [2.75, 3.05) is 6.61 Å². The van der Waals surface area contributed by atoms with Crippen molar-refractivity contribution in [1.82, 2.24) is 9.55 Å². The fraction of sp³-hybridized carbons (Fsp3) is 0.231. The summed E-state index contributed by atoms with van der Waals surface area (Å²) in [5.41, 5.74) is -3.63. The molecule has 9 heteroatoms. The van der Waals surface area contributed by atoms with E-state index in [0.29, 0.717) is 6.33 Å². The highest BCUT2D eigenvalue weighted by molar-refractivity contribution is 5.89. The molecule has 2 rings (SSSR count). The fourth-order valence-corrected chi connectivity index (χ4v) is 1.86. The number of para-hydroxylation sites is 1. The molecule has 0 saturated heterocycles. The molecule has 4 nitrogen and oxygen atoms in total. The molecule has 0 bridgehead atoms. The van der Waals surface area contributed by atoms with Crippen molar-refractivity contribution in [3.63, 3.8) is 0 Å². The number of halogens is 5. The zero-order valence-electron chi connectivity index (χ0n) is 11.1. The van der Waals surface area contributed by atoms with Gasteiger partial charge in [0.05, 0.1) is 6.61 Å². The maximum atomic E-state index is 13.7. The summed E-state index contributed by atoms with van der Waals surface area (Å²) in [4.78, 5) is 14.8. The highest BCUT2D eigenvalue weighted by Gasteiger charge is 2.42. The molecule has 0 aliphatic rings. The number of hydrogen-bond donors (Lipinski definition) is 0. The Hall–Kier alpha value is -2.45. The zero-order chi connectivity index (χ0) is 16.5. The third kappa shape index (κ3) is 2.78. The van der Waals surface area contributed by atoms with Crippen LogP contribution in [-0.4, -0.2) is 22.1 Å². The van der Waals surface area contributed by atoms with Crippen LogP contribution in [0.2, 0.25) is 0 Å². The van der Waals surface area contributed by atoms with Gasteiger partial charge in [-0.25, -0.2) is 18.6 Å². The summed E-state index contributed by atoms with van der Waals surface area (Å²) in [6.07, 6.45) is -4.54. The highest BCUT2D eigenvalue weighted by atomic mass is 19.4. The van der Waals surface area contributed by atoms with Gasteiger partial charge in [-0.1, -0.05) is 6.07 Å². The van der Waals surface area contributed by atoms with Gasteiger partial charge in [0.2, 0.25) is 0 Å². The average Bonchev–Trinajstić information content (AvgIpc) is 2.83. The number of carbonyl (C=O) groups is 1. The van der Waals surface area contributed by atoms with Gasteiger partial charge in [-0.3, -0.25) is 4.57 Å². The predicted octanol–water partition coefficient (Wildman–Crippen LogP) is 3.35. The van der Waals surface area contributed by atoms with Gasteiger partial charge < -0.3 is 4.74 Å². The van der Waals surface area contributed by atoms with Crippen LogP contribution in [0.3, 0.4) is 0 Å². The Morgan fingerprint density at radius 3 is 2.36 bits per heavy atom. The predicted molar refractivity (Wildman–Crippen MR) is 64.4 cm³/mol. The molecular formula is C13H9F5N2O2. The summed E-state index contributed by atoms with van der Waals surface area (Å²) >= 11 is 0. The van der Waals surface area contributed by atoms with Gasteiger partial charge in [0, 0.05) is 0 Å². The minimum atomic E-state index is -5.06. The number of carbonyl (C=O) groups excluding carboxylic acids is 1. The summed E-state index contributed by atoms with van der Waals surface area (Å²) in [7, 11) is 0. The number of hydrogen-bond acceptors (Lipinski definition) is 3. The van der Waals surface area contributed by atoms with Crippen molar-refractivity contribution in [2.24, 2.45) is 0 Å². The number of benzene rings is 1. The number of nitrogens with zero attached hydrogens (tertiary/aromatic N) is 2. The molecule has 2 aromatic rings. The molecule has 1 heterocycles. The van der Waals surface area contributed by atoms with Crippen molar-refractivity contribution >= 4 is 5.97 Å². The average molecular weight is 320 g/mol. The lowest BCUT2D eigenvalue weighted by Crippen LogP contribution is -2.19. The van der Waals surface area contributed by atoms with E-state index in [0.717, 1.165) is 18.2 Å². The molecule has 0 atom stereocenters.